The van der Waals surface area contributed by atoms with E-state index >= 15 is 0 Å². The van der Waals surface area contributed by atoms with Gasteiger partial charge in [-0.15, -0.1) is 11.5 Å². The van der Waals surface area contributed by atoms with E-state index in [-0.39, 0.29) is 23.6 Å². The Balaban J connectivity index is 2.78. The van der Waals surface area contributed by atoms with Crippen LogP contribution in [0.5, 0.6) is 0 Å². The van der Waals surface area contributed by atoms with E-state index in [1.54, 1.807) is 6.07 Å². The van der Waals surface area contributed by atoms with Crippen LogP contribution in [0.1, 0.15) is 32.8 Å². The third-order valence-corrected chi connectivity index (χ3v) is 9.30. The Hall–Kier alpha value is -2.66. The summed E-state index contributed by atoms with van der Waals surface area (Å²) in [5.41, 5.74) is 9.05. The third kappa shape index (κ3) is 6.87. The highest BCUT2D eigenvalue weighted by molar-refractivity contribution is 6.87. The quantitative estimate of drug-likeness (QED) is 0.337. The molecule has 1 aromatic carbocycles. The van der Waals surface area contributed by atoms with Gasteiger partial charge in [0.1, 0.15) is 14.1 Å². The number of nitrogens with two attached hydrogens (primary N) is 1. The highest BCUT2D eigenvalue weighted by Crippen LogP contribution is 2.35. The summed E-state index contributed by atoms with van der Waals surface area (Å²) >= 11 is 0. The van der Waals surface area contributed by atoms with Gasteiger partial charge in [0.25, 0.3) is 5.69 Å². The molecule has 0 bridgehead atoms. The van der Waals surface area contributed by atoms with Gasteiger partial charge in [-0.2, -0.15) is 0 Å². The zero-order valence-corrected chi connectivity index (χ0v) is 17.5. The van der Waals surface area contributed by atoms with E-state index in [2.05, 4.69) is 50.6 Å². The number of carbonyl (C=O) groups excluding carboxylic acids is 2. The molecule has 2 amide bonds. The molecule has 0 heterocycles. The summed E-state index contributed by atoms with van der Waals surface area (Å²) < 4.78 is 0. The number of carbonyl (C=O) groups is 2. The third-order valence-electron chi connectivity index (χ3n) is 4.75. The summed E-state index contributed by atoms with van der Waals surface area (Å²) in [6.45, 7) is 10.7. The molecule has 27 heavy (non-hydrogen) atoms. The number of nitrogens with zero attached hydrogens (tertiary/aromatic N) is 1. The monoisotopic (exact) mass is 389 g/mol. The maximum Gasteiger partial charge on any atom is 0.269 e. The number of hydrogen-bond donors (Lipinski definition) is 2. The van der Waals surface area contributed by atoms with Crippen molar-refractivity contribution in [2.24, 2.45) is 5.73 Å². The number of nitro groups is 1. The van der Waals surface area contributed by atoms with Crippen LogP contribution in [0.3, 0.4) is 0 Å². The lowest BCUT2D eigenvalue weighted by molar-refractivity contribution is -0.384. The minimum Gasteiger partial charge on any atom is -0.368 e. The van der Waals surface area contributed by atoms with E-state index in [4.69, 9.17) is 5.73 Å². The van der Waals surface area contributed by atoms with Gasteiger partial charge in [0, 0.05) is 18.6 Å². The molecule has 0 radical (unpaired) electrons. The summed E-state index contributed by atoms with van der Waals surface area (Å²) in [4.78, 5) is 34.1. The number of rotatable bonds is 6. The van der Waals surface area contributed by atoms with Crippen LogP contribution in [0.25, 0.3) is 0 Å². The zero-order valence-electron chi connectivity index (χ0n) is 16.5. The summed E-state index contributed by atoms with van der Waals surface area (Å²) in [6.07, 6.45) is 0.0592. The van der Waals surface area contributed by atoms with Crippen molar-refractivity contribution in [3.63, 3.8) is 0 Å². The maximum absolute atomic E-state index is 12.2. The zero-order chi connectivity index (χ0) is 20.8. The first kappa shape index (κ1) is 22.4. The molecule has 0 aromatic heterocycles. The van der Waals surface area contributed by atoms with Crippen LogP contribution < -0.4 is 11.1 Å². The van der Waals surface area contributed by atoms with Crippen LogP contribution >= 0.6 is 0 Å². The predicted octanol–water partition coefficient (Wildman–Crippen LogP) is 2.55. The SMILES string of the molecule is CC(C)(C)[Si](C)(C)C#CC[C@H](NC(=O)Cc1cccc([N+](=O)[O-])c1)C(N)=O. The van der Waals surface area contributed by atoms with Crippen LogP contribution in [0.15, 0.2) is 24.3 Å². The molecule has 0 aliphatic heterocycles. The van der Waals surface area contributed by atoms with Crippen LogP contribution in [-0.4, -0.2) is 30.9 Å². The van der Waals surface area contributed by atoms with E-state index in [9.17, 15) is 19.7 Å². The predicted molar refractivity (Wildman–Crippen MR) is 108 cm³/mol. The van der Waals surface area contributed by atoms with Crippen molar-refractivity contribution in [1.29, 1.82) is 0 Å². The van der Waals surface area contributed by atoms with Crippen molar-refractivity contribution in [1.82, 2.24) is 5.32 Å². The molecule has 146 valence electrons. The van der Waals surface area contributed by atoms with Gasteiger partial charge in [0.2, 0.25) is 11.8 Å². The number of benzene rings is 1. The minimum atomic E-state index is -1.81. The van der Waals surface area contributed by atoms with Gasteiger partial charge in [-0.05, 0) is 10.6 Å². The van der Waals surface area contributed by atoms with Gasteiger partial charge in [-0.3, -0.25) is 19.7 Å². The minimum absolute atomic E-state index is 0.0822. The second-order valence-electron chi connectivity index (χ2n) is 8.01. The highest BCUT2D eigenvalue weighted by Gasteiger charge is 2.33. The van der Waals surface area contributed by atoms with Crippen molar-refractivity contribution in [3.05, 3.63) is 39.9 Å². The average molecular weight is 390 g/mol. The number of amides is 2. The molecule has 1 atom stereocenters. The van der Waals surface area contributed by atoms with Gasteiger partial charge >= 0.3 is 0 Å². The molecular weight excluding hydrogens is 362 g/mol. The number of non-ortho nitro benzene ring substituents is 1. The number of nitrogens with one attached hydrogen (secondary N) is 1. The van der Waals surface area contributed by atoms with Crippen LogP contribution in [0, 0.1) is 21.6 Å². The number of hydrogen-bond acceptors (Lipinski definition) is 4. The van der Waals surface area contributed by atoms with Gasteiger partial charge in [0.05, 0.1) is 11.3 Å². The molecular formula is C19H27N3O4Si. The molecule has 0 saturated carbocycles. The molecule has 3 N–H and O–H groups in total. The van der Waals surface area contributed by atoms with E-state index in [0.717, 1.165) is 0 Å². The molecule has 0 spiro atoms. The first-order chi connectivity index (χ1) is 12.3. The van der Waals surface area contributed by atoms with Gasteiger partial charge < -0.3 is 11.1 Å². The number of nitro benzene ring substituents is 1. The molecule has 1 aromatic rings. The Bertz CT molecular complexity index is 788. The van der Waals surface area contributed by atoms with Crippen molar-refractivity contribution in [2.75, 3.05) is 0 Å². The van der Waals surface area contributed by atoms with Crippen LogP contribution in [0.2, 0.25) is 18.1 Å². The molecule has 0 aliphatic carbocycles. The van der Waals surface area contributed by atoms with E-state index in [0.29, 0.717) is 5.56 Å². The van der Waals surface area contributed by atoms with E-state index in [1.807, 2.05) is 0 Å². The van der Waals surface area contributed by atoms with Crippen molar-refractivity contribution in [3.8, 4) is 11.5 Å². The first-order valence-electron chi connectivity index (χ1n) is 8.65. The smallest absolute Gasteiger partial charge is 0.269 e. The van der Waals surface area contributed by atoms with Crippen molar-refractivity contribution >= 4 is 25.6 Å². The van der Waals surface area contributed by atoms with Gasteiger partial charge in [-0.1, -0.05) is 46.0 Å². The topological polar surface area (TPSA) is 115 Å². The number of primary amides is 1. The Morgan fingerprint density at radius 2 is 1.96 bits per heavy atom. The molecule has 0 unspecified atom stereocenters. The summed E-state index contributed by atoms with van der Waals surface area (Å²) in [6, 6.07) is 4.91. The van der Waals surface area contributed by atoms with Crippen molar-refractivity contribution in [2.45, 2.75) is 57.8 Å². The van der Waals surface area contributed by atoms with E-state index in [1.165, 1.54) is 18.2 Å². The molecule has 8 heteroatoms. The summed E-state index contributed by atoms with van der Waals surface area (Å²) in [5.74, 6) is 1.92. The lowest BCUT2D eigenvalue weighted by Gasteiger charge is -2.31. The van der Waals surface area contributed by atoms with Gasteiger partial charge in [0.15, 0.2) is 0 Å². The molecule has 1 rings (SSSR count). The fourth-order valence-electron chi connectivity index (χ4n) is 2.00. The second-order valence-corrected chi connectivity index (χ2v) is 13.0. The van der Waals surface area contributed by atoms with E-state index < -0.39 is 30.9 Å². The van der Waals surface area contributed by atoms with Gasteiger partial charge in [-0.25, -0.2) is 0 Å². The lowest BCUT2D eigenvalue weighted by Crippen LogP contribution is -2.45. The Morgan fingerprint density at radius 1 is 1.33 bits per heavy atom. The fourth-order valence-corrected chi connectivity index (χ4v) is 2.91. The lowest BCUT2D eigenvalue weighted by atomic mass is 10.1. The Labute approximate surface area is 160 Å². The molecule has 7 nitrogen and oxygen atoms in total. The first-order valence-corrected chi connectivity index (χ1v) is 11.7. The van der Waals surface area contributed by atoms with Crippen LogP contribution in [-0.2, 0) is 16.0 Å². The van der Waals surface area contributed by atoms with Crippen molar-refractivity contribution < 1.29 is 14.5 Å². The normalized spacial score (nSPS) is 12.5. The largest absolute Gasteiger partial charge is 0.368 e. The molecule has 0 fully saturated rings. The molecule has 0 saturated heterocycles. The Morgan fingerprint density at radius 3 is 2.48 bits per heavy atom. The maximum atomic E-state index is 12.2. The summed E-state index contributed by atoms with van der Waals surface area (Å²) in [7, 11) is -1.81. The highest BCUT2D eigenvalue weighted by atomic mass is 28.3. The fraction of sp³-hybridized carbons (Fsp3) is 0.474. The standard InChI is InChI=1S/C19H27N3O4Si/c1-19(2,3)27(4,5)11-7-10-16(18(20)24)21-17(23)13-14-8-6-9-15(12-14)22(25)26/h6,8-9,12,16H,10,13H2,1-5H3,(H2,20,24)(H,21,23)/t16-/m0/s1. The average Bonchev–Trinajstić information content (AvgIpc) is 2.52. The second kappa shape index (κ2) is 8.82. The summed E-state index contributed by atoms with van der Waals surface area (Å²) in [5, 5.41) is 13.5. The molecule has 0 aliphatic rings. The Kier molecular flexibility index (Phi) is 7.31. The van der Waals surface area contributed by atoms with Crippen LogP contribution in [0.4, 0.5) is 5.69 Å².